The van der Waals surface area contributed by atoms with Gasteiger partial charge in [0.25, 0.3) is 0 Å². The van der Waals surface area contributed by atoms with Crippen LogP contribution in [-0.4, -0.2) is 41.9 Å². The lowest BCUT2D eigenvalue weighted by Gasteiger charge is -2.35. The summed E-state index contributed by atoms with van der Waals surface area (Å²) in [5.74, 6) is -1.92. The van der Waals surface area contributed by atoms with Crippen molar-refractivity contribution in [3.05, 3.63) is 65.2 Å². The number of aliphatic hydroxyl groups is 1. The minimum Gasteiger partial charge on any atom is -0.394 e. The number of aliphatic hydroxyl groups excluding tert-OH is 1. The molecule has 7 nitrogen and oxygen atoms in total. The SMILES string of the molecule is O=C(C[C@@H]1CC[C@H](NC(=O)Nc2ccc(C(F)(F)F)cc2)[C@H](CO)O1)NCc1cc(F)cc(F)c1. The number of carbonyl (C=O) groups excluding carboxylic acids is 2. The van der Waals surface area contributed by atoms with E-state index in [1.807, 2.05) is 0 Å². The van der Waals surface area contributed by atoms with E-state index in [1.54, 1.807) is 0 Å². The Morgan fingerprint density at radius 3 is 2.29 bits per heavy atom. The third kappa shape index (κ3) is 7.89. The van der Waals surface area contributed by atoms with Crippen LogP contribution in [0.2, 0.25) is 0 Å². The van der Waals surface area contributed by atoms with Gasteiger partial charge in [0.05, 0.1) is 30.7 Å². The second-order valence-corrected chi connectivity index (χ2v) is 8.10. The van der Waals surface area contributed by atoms with Crippen molar-refractivity contribution in [2.45, 2.75) is 50.2 Å². The molecule has 1 aliphatic heterocycles. The molecule has 0 saturated carbocycles. The lowest BCUT2D eigenvalue weighted by Crippen LogP contribution is -2.52. The van der Waals surface area contributed by atoms with Crippen molar-refractivity contribution in [2.24, 2.45) is 0 Å². The van der Waals surface area contributed by atoms with E-state index in [1.165, 1.54) is 0 Å². The van der Waals surface area contributed by atoms with Crippen molar-refractivity contribution in [1.29, 1.82) is 0 Å². The molecule has 0 unspecified atom stereocenters. The highest BCUT2D eigenvalue weighted by atomic mass is 19.4. The van der Waals surface area contributed by atoms with Gasteiger partial charge < -0.3 is 25.8 Å². The summed E-state index contributed by atoms with van der Waals surface area (Å²) in [7, 11) is 0. The average Bonchev–Trinajstić information content (AvgIpc) is 2.78. The molecule has 0 aliphatic carbocycles. The van der Waals surface area contributed by atoms with Crippen LogP contribution in [0.5, 0.6) is 0 Å². The molecule has 0 aromatic heterocycles. The van der Waals surface area contributed by atoms with E-state index in [2.05, 4.69) is 16.0 Å². The fourth-order valence-corrected chi connectivity index (χ4v) is 3.72. The average molecular weight is 501 g/mol. The zero-order valence-electron chi connectivity index (χ0n) is 18.4. The Bertz CT molecular complexity index is 1010. The van der Waals surface area contributed by atoms with E-state index in [-0.39, 0.29) is 24.2 Å². The van der Waals surface area contributed by atoms with E-state index in [9.17, 15) is 36.6 Å². The van der Waals surface area contributed by atoms with Crippen LogP contribution >= 0.6 is 0 Å². The molecule has 12 heteroatoms. The summed E-state index contributed by atoms with van der Waals surface area (Å²) < 4.78 is 70.1. The number of alkyl halides is 3. The number of hydrogen-bond donors (Lipinski definition) is 4. The fourth-order valence-electron chi connectivity index (χ4n) is 3.72. The molecular weight excluding hydrogens is 477 g/mol. The maximum Gasteiger partial charge on any atom is 0.416 e. The number of ether oxygens (including phenoxy) is 1. The van der Waals surface area contributed by atoms with Gasteiger partial charge in [-0.1, -0.05) is 0 Å². The first-order valence-corrected chi connectivity index (χ1v) is 10.8. The van der Waals surface area contributed by atoms with Gasteiger partial charge in [-0.2, -0.15) is 13.2 Å². The Morgan fingerprint density at radius 2 is 1.69 bits per heavy atom. The first-order chi connectivity index (χ1) is 16.5. The minimum atomic E-state index is -4.49. The maximum absolute atomic E-state index is 13.2. The number of halogens is 5. The quantitative estimate of drug-likeness (QED) is 0.435. The summed E-state index contributed by atoms with van der Waals surface area (Å²) in [6.07, 6.45) is -5.15. The molecule has 1 aliphatic rings. The number of benzene rings is 2. The molecule has 3 atom stereocenters. The largest absolute Gasteiger partial charge is 0.416 e. The van der Waals surface area contributed by atoms with Crippen molar-refractivity contribution in [2.75, 3.05) is 11.9 Å². The van der Waals surface area contributed by atoms with Crippen LogP contribution in [0, 0.1) is 11.6 Å². The van der Waals surface area contributed by atoms with Gasteiger partial charge in [0.2, 0.25) is 5.91 Å². The maximum atomic E-state index is 13.2. The van der Waals surface area contributed by atoms with Gasteiger partial charge in [-0.05, 0) is 54.8 Å². The van der Waals surface area contributed by atoms with Crippen LogP contribution in [0.4, 0.5) is 32.4 Å². The molecular formula is C23H24F5N3O4. The molecule has 35 heavy (non-hydrogen) atoms. The van der Waals surface area contributed by atoms with E-state index >= 15 is 0 Å². The molecule has 2 aromatic carbocycles. The number of nitrogens with one attached hydrogen (secondary N) is 3. The smallest absolute Gasteiger partial charge is 0.394 e. The van der Waals surface area contributed by atoms with E-state index in [4.69, 9.17) is 4.74 Å². The van der Waals surface area contributed by atoms with Crippen molar-refractivity contribution >= 4 is 17.6 Å². The predicted molar refractivity (Wildman–Crippen MR) is 115 cm³/mol. The van der Waals surface area contributed by atoms with Gasteiger partial charge in [0.1, 0.15) is 17.7 Å². The van der Waals surface area contributed by atoms with Crippen LogP contribution in [0.1, 0.15) is 30.4 Å². The Kier molecular flexibility index (Phi) is 8.62. The molecule has 1 heterocycles. The number of hydrogen-bond acceptors (Lipinski definition) is 4. The molecule has 0 radical (unpaired) electrons. The Hall–Kier alpha value is -3.25. The Balaban J connectivity index is 1.46. The van der Waals surface area contributed by atoms with Gasteiger partial charge in [0.15, 0.2) is 0 Å². The van der Waals surface area contributed by atoms with Crippen LogP contribution in [0.3, 0.4) is 0 Å². The third-order valence-electron chi connectivity index (χ3n) is 5.41. The van der Waals surface area contributed by atoms with Gasteiger partial charge >= 0.3 is 12.2 Å². The number of anilines is 1. The lowest BCUT2D eigenvalue weighted by molar-refractivity contribution is -0.137. The predicted octanol–water partition coefficient (Wildman–Crippen LogP) is 3.72. The highest BCUT2D eigenvalue weighted by Gasteiger charge is 2.33. The van der Waals surface area contributed by atoms with E-state index in [0.717, 1.165) is 42.5 Å². The first-order valence-electron chi connectivity index (χ1n) is 10.8. The molecule has 4 N–H and O–H groups in total. The molecule has 2 aromatic rings. The topological polar surface area (TPSA) is 99.7 Å². The molecule has 0 bridgehead atoms. The fraction of sp³-hybridized carbons (Fsp3) is 0.391. The van der Waals surface area contributed by atoms with Crippen molar-refractivity contribution in [3.8, 4) is 0 Å². The van der Waals surface area contributed by atoms with E-state index in [0.29, 0.717) is 12.8 Å². The molecule has 1 saturated heterocycles. The first kappa shape index (κ1) is 26.4. The van der Waals surface area contributed by atoms with E-state index < -0.39 is 60.2 Å². The molecule has 1 fully saturated rings. The zero-order chi connectivity index (χ0) is 25.6. The number of urea groups is 1. The summed E-state index contributed by atoms with van der Waals surface area (Å²) in [5.41, 5.74) is -0.430. The van der Waals surface area contributed by atoms with Crippen LogP contribution in [0.25, 0.3) is 0 Å². The highest BCUT2D eigenvalue weighted by Crippen LogP contribution is 2.30. The Labute approximate surface area is 197 Å². The monoisotopic (exact) mass is 501 g/mol. The van der Waals surface area contributed by atoms with Gasteiger partial charge in [0, 0.05) is 18.3 Å². The van der Waals surface area contributed by atoms with Crippen molar-refractivity contribution in [1.82, 2.24) is 10.6 Å². The van der Waals surface area contributed by atoms with Gasteiger partial charge in [-0.3, -0.25) is 4.79 Å². The molecule has 3 rings (SSSR count). The number of amides is 3. The minimum absolute atomic E-state index is 0.0568. The third-order valence-corrected chi connectivity index (χ3v) is 5.41. The molecule has 190 valence electrons. The highest BCUT2D eigenvalue weighted by molar-refractivity contribution is 5.89. The summed E-state index contributed by atoms with van der Waals surface area (Å²) in [6.45, 7) is -0.510. The van der Waals surface area contributed by atoms with Gasteiger partial charge in [-0.15, -0.1) is 0 Å². The molecule has 0 spiro atoms. The normalized spacial score (nSPS) is 20.2. The second-order valence-electron chi connectivity index (χ2n) is 8.10. The summed E-state index contributed by atoms with van der Waals surface area (Å²) in [4.78, 5) is 24.5. The summed E-state index contributed by atoms with van der Waals surface area (Å²) in [6, 6.07) is 5.59. The van der Waals surface area contributed by atoms with Gasteiger partial charge in [-0.25, -0.2) is 13.6 Å². The summed E-state index contributed by atoms with van der Waals surface area (Å²) >= 11 is 0. The van der Waals surface area contributed by atoms with Crippen LogP contribution in [-0.2, 0) is 22.3 Å². The molecule has 3 amide bonds. The van der Waals surface area contributed by atoms with Crippen LogP contribution < -0.4 is 16.0 Å². The lowest BCUT2D eigenvalue weighted by atomic mass is 9.97. The standard InChI is InChI=1S/C23H24F5N3O4/c24-15-7-13(8-16(25)9-15)11-29-21(33)10-18-5-6-19(20(12-32)35-18)31-22(34)30-17-3-1-14(2-4-17)23(26,27)28/h1-4,7-9,18-20,32H,5-6,10-12H2,(H,29,33)(H2,30,31,34)/t18-,19-,20-/m0/s1. The van der Waals surface area contributed by atoms with Crippen molar-refractivity contribution < 1.29 is 41.4 Å². The number of carbonyl (C=O) groups is 2. The van der Waals surface area contributed by atoms with Crippen LogP contribution in [0.15, 0.2) is 42.5 Å². The van der Waals surface area contributed by atoms with Crippen molar-refractivity contribution in [3.63, 3.8) is 0 Å². The summed E-state index contributed by atoms with van der Waals surface area (Å²) in [5, 5.41) is 17.2. The second kappa shape index (κ2) is 11.5. The zero-order valence-corrected chi connectivity index (χ0v) is 18.4. The number of rotatable bonds is 7. The Morgan fingerprint density at radius 1 is 1.03 bits per heavy atom.